The molecular weight excluding hydrogens is 383 g/mol. The molecule has 2 aromatic rings. The predicted molar refractivity (Wildman–Crippen MR) is 106 cm³/mol. The van der Waals surface area contributed by atoms with E-state index in [1.54, 1.807) is 6.07 Å². The lowest BCUT2D eigenvalue weighted by molar-refractivity contribution is -0.137. The van der Waals surface area contributed by atoms with Crippen molar-refractivity contribution in [3.8, 4) is 5.75 Å². The van der Waals surface area contributed by atoms with E-state index in [-0.39, 0.29) is 6.61 Å². The molecule has 0 heterocycles. The molecule has 2 aromatic carbocycles. The van der Waals surface area contributed by atoms with E-state index in [9.17, 15) is 18.3 Å². The fourth-order valence-electron chi connectivity index (χ4n) is 2.88. The maximum atomic E-state index is 12.9. The van der Waals surface area contributed by atoms with Crippen LogP contribution in [0.5, 0.6) is 5.75 Å². The summed E-state index contributed by atoms with van der Waals surface area (Å²) < 4.78 is 49.4. The second-order valence-corrected chi connectivity index (χ2v) is 6.65. The third kappa shape index (κ3) is 8.04. The fraction of sp³-hybridized carbons (Fsp3) is 0.455. The van der Waals surface area contributed by atoms with Gasteiger partial charge in [0, 0.05) is 19.1 Å². The molecule has 7 heteroatoms. The summed E-state index contributed by atoms with van der Waals surface area (Å²) in [5.74, 6) is 0.393. The number of ether oxygens (including phenoxy) is 2. The maximum Gasteiger partial charge on any atom is 0.416 e. The minimum atomic E-state index is -4.39. The zero-order chi connectivity index (χ0) is 21.1. The van der Waals surface area contributed by atoms with E-state index in [1.165, 1.54) is 6.07 Å². The van der Waals surface area contributed by atoms with Crippen LogP contribution in [0.25, 0.3) is 0 Å². The van der Waals surface area contributed by atoms with Gasteiger partial charge < -0.3 is 19.9 Å². The van der Waals surface area contributed by atoms with Crippen LogP contribution in [0.1, 0.15) is 29.5 Å². The molecular formula is C22H28F3NO3. The summed E-state index contributed by atoms with van der Waals surface area (Å²) in [6.45, 7) is 4.50. The summed E-state index contributed by atoms with van der Waals surface area (Å²) in [6.07, 6.45) is -3.62. The number of alkyl halides is 3. The molecule has 0 saturated heterocycles. The first-order valence-electron chi connectivity index (χ1n) is 9.72. The van der Waals surface area contributed by atoms with Crippen LogP contribution in [0.15, 0.2) is 48.5 Å². The van der Waals surface area contributed by atoms with Gasteiger partial charge >= 0.3 is 6.18 Å². The molecule has 29 heavy (non-hydrogen) atoms. The molecule has 2 rings (SSSR count). The number of halogens is 3. The van der Waals surface area contributed by atoms with Gasteiger partial charge in [-0.1, -0.05) is 30.3 Å². The smallest absolute Gasteiger partial charge is 0.416 e. The lowest BCUT2D eigenvalue weighted by Gasteiger charge is -2.17. The minimum Gasteiger partial charge on any atom is -0.491 e. The van der Waals surface area contributed by atoms with Crippen LogP contribution in [0.4, 0.5) is 13.2 Å². The topological polar surface area (TPSA) is 50.7 Å². The summed E-state index contributed by atoms with van der Waals surface area (Å²) in [7, 11) is 0. The summed E-state index contributed by atoms with van der Waals surface area (Å²) in [5.41, 5.74) is 0.898. The molecule has 0 radical (unpaired) electrons. The van der Waals surface area contributed by atoms with E-state index in [4.69, 9.17) is 9.47 Å². The number of aliphatic hydroxyl groups excluding tert-OH is 1. The van der Waals surface area contributed by atoms with Gasteiger partial charge in [-0.15, -0.1) is 0 Å². The number of hydrogen-bond acceptors (Lipinski definition) is 4. The van der Waals surface area contributed by atoms with Gasteiger partial charge in [0.15, 0.2) is 0 Å². The normalized spacial score (nSPS) is 12.7. The number of aliphatic hydroxyl groups is 1. The van der Waals surface area contributed by atoms with Crippen molar-refractivity contribution in [2.24, 2.45) is 0 Å². The lowest BCUT2D eigenvalue weighted by Crippen LogP contribution is -2.26. The molecule has 1 atom stereocenters. The van der Waals surface area contributed by atoms with E-state index >= 15 is 0 Å². The quantitative estimate of drug-likeness (QED) is 0.518. The zero-order valence-corrected chi connectivity index (χ0v) is 16.5. The summed E-state index contributed by atoms with van der Waals surface area (Å²) in [6, 6.07) is 12.9. The third-order valence-corrected chi connectivity index (χ3v) is 4.51. The number of hydrogen-bond donors (Lipinski definition) is 2. The number of rotatable bonds is 12. The minimum absolute atomic E-state index is 0.220. The molecule has 0 fully saturated rings. The molecule has 0 bridgehead atoms. The van der Waals surface area contributed by atoms with Crippen molar-refractivity contribution in [2.75, 3.05) is 39.5 Å². The number of nitrogens with one attached hydrogen (secondary N) is 1. The van der Waals surface area contributed by atoms with Gasteiger partial charge in [-0.25, -0.2) is 0 Å². The second kappa shape index (κ2) is 11.8. The Hall–Kier alpha value is -2.09. The monoisotopic (exact) mass is 411 g/mol. The van der Waals surface area contributed by atoms with Crippen LogP contribution in [0.3, 0.4) is 0 Å². The van der Waals surface area contributed by atoms with Crippen LogP contribution in [-0.4, -0.2) is 44.6 Å². The molecule has 2 N–H and O–H groups in total. The Morgan fingerprint density at radius 2 is 1.83 bits per heavy atom. The molecule has 0 aliphatic heterocycles. The Labute approximate surface area is 169 Å². The second-order valence-electron chi connectivity index (χ2n) is 6.65. The van der Waals surface area contributed by atoms with E-state index < -0.39 is 17.7 Å². The Morgan fingerprint density at radius 3 is 2.48 bits per heavy atom. The van der Waals surface area contributed by atoms with Crippen molar-refractivity contribution in [1.82, 2.24) is 5.32 Å². The highest BCUT2D eigenvalue weighted by molar-refractivity contribution is 5.29. The van der Waals surface area contributed by atoms with Crippen molar-refractivity contribution in [3.63, 3.8) is 0 Å². The molecule has 0 aromatic heterocycles. The molecule has 0 amide bonds. The Bertz CT molecular complexity index is 720. The molecule has 160 valence electrons. The highest BCUT2D eigenvalue weighted by Crippen LogP contribution is 2.31. The van der Waals surface area contributed by atoms with Crippen LogP contribution >= 0.6 is 0 Å². The summed E-state index contributed by atoms with van der Waals surface area (Å²) in [5, 5.41) is 12.8. The van der Waals surface area contributed by atoms with Crippen LogP contribution in [0.2, 0.25) is 0 Å². The van der Waals surface area contributed by atoms with E-state index in [0.717, 1.165) is 29.9 Å². The summed E-state index contributed by atoms with van der Waals surface area (Å²) in [4.78, 5) is 0. The largest absolute Gasteiger partial charge is 0.491 e. The highest BCUT2D eigenvalue weighted by atomic mass is 19.4. The van der Waals surface area contributed by atoms with Crippen molar-refractivity contribution in [3.05, 3.63) is 65.2 Å². The highest BCUT2D eigenvalue weighted by Gasteiger charge is 2.30. The van der Waals surface area contributed by atoms with Gasteiger partial charge in [-0.3, -0.25) is 0 Å². The van der Waals surface area contributed by atoms with Crippen molar-refractivity contribution in [2.45, 2.75) is 25.4 Å². The summed E-state index contributed by atoms with van der Waals surface area (Å²) >= 11 is 0. The molecule has 0 saturated carbocycles. The van der Waals surface area contributed by atoms with Crippen LogP contribution in [-0.2, 0) is 17.3 Å². The average Bonchev–Trinajstić information content (AvgIpc) is 2.72. The van der Waals surface area contributed by atoms with E-state index in [0.29, 0.717) is 38.5 Å². The van der Waals surface area contributed by atoms with Gasteiger partial charge in [0.2, 0.25) is 0 Å². The van der Waals surface area contributed by atoms with Gasteiger partial charge in [0.25, 0.3) is 0 Å². The van der Waals surface area contributed by atoms with Crippen molar-refractivity contribution >= 4 is 0 Å². The predicted octanol–water partition coefficient (Wildman–Crippen LogP) is 4.03. The van der Waals surface area contributed by atoms with Crippen molar-refractivity contribution in [1.29, 1.82) is 0 Å². The van der Waals surface area contributed by atoms with Gasteiger partial charge in [-0.2, -0.15) is 13.2 Å². The third-order valence-electron chi connectivity index (χ3n) is 4.51. The number of benzene rings is 2. The molecule has 0 aliphatic carbocycles. The zero-order valence-electron chi connectivity index (χ0n) is 16.5. The Kier molecular flexibility index (Phi) is 9.44. The first-order valence-corrected chi connectivity index (χ1v) is 9.72. The van der Waals surface area contributed by atoms with E-state index in [1.807, 2.05) is 31.2 Å². The van der Waals surface area contributed by atoms with Crippen LogP contribution < -0.4 is 10.1 Å². The standard InChI is InChI=1S/C22H28F3NO3/c1-2-28-12-13-29-21-8-6-17(7-9-21)10-11-26-15-19(16-27)18-4-3-5-20(14-18)22(23,24)25/h3-9,14,19,26-27H,2,10-13,15-16H2,1H3. The Balaban J connectivity index is 1.77. The molecule has 1 unspecified atom stereocenters. The van der Waals surface area contributed by atoms with Gasteiger partial charge in [0.05, 0.1) is 18.8 Å². The van der Waals surface area contributed by atoms with Crippen molar-refractivity contribution < 1.29 is 27.8 Å². The first kappa shape index (κ1) is 23.2. The fourth-order valence-corrected chi connectivity index (χ4v) is 2.88. The van der Waals surface area contributed by atoms with E-state index in [2.05, 4.69) is 5.32 Å². The average molecular weight is 411 g/mol. The lowest BCUT2D eigenvalue weighted by atomic mass is 9.97. The molecule has 4 nitrogen and oxygen atoms in total. The molecule has 0 spiro atoms. The van der Waals surface area contributed by atoms with Crippen LogP contribution in [0, 0.1) is 0 Å². The Morgan fingerprint density at radius 1 is 1.07 bits per heavy atom. The van der Waals surface area contributed by atoms with Gasteiger partial charge in [0.1, 0.15) is 12.4 Å². The van der Waals surface area contributed by atoms with Gasteiger partial charge in [-0.05, 0) is 49.2 Å². The first-order chi connectivity index (χ1) is 13.9. The molecule has 0 aliphatic rings. The SMILES string of the molecule is CCOCCOc1ccc(CCNCC(CO)c2cccc(C(F)(F)F)c2)cc1. The maximum absolute atomic E-state index is 12.9.